The number of aryl methyl sites for hydroxylation is 4. The Morgan fingerprint density at radius 3 is 2.62 bits per heavy atom. The van der Waals surface area contributed by atoms with Crippen LogP contribution in [0.4, 0.5) is 0 Å². The lowest BCUT2D eigenvalue weighted by Crippen LogP contribution is -2.29. The van der Waals surface area contributed by atoms with Gasteiger partial charge in [-0.25, -0.2) is 9.78 Å². The fourth-order valence-corrected chi connectivity index (χ4v) is 2.50. The molecule has 6 heteroatoms. The second-order valence-electron chi connectivity index (χ2n) is 5.04. The number of aromatic amines is 1. The average molecular weight is 284 g/mol. The summed E-state index contributed by atoms with van der Waals surface area (Å²) in [6, 6.07) is 10.1. The van der Waals surface area contributed by atoms with E-state index in [1.807, 2.05) is 29.7 Å². The maximum absolute atomic E-state index is 12.1. The van der Waals surface area contributed by atoms with Crippen LogP contribution in [0.2, 0.25) is 0 Å². The average Bonchev–Trinajstić information content (AvgIpc) is 2.81. The van der Waals surface area contributed by atoms with Crippen molar-refractivity contribution in [1.82, 2.24) is 19.1 Å². The standard InChI is InChI=1S/C15H16N4O2/c1-10-16-13-12(14(20)17-15(21)18(13)2)19(10)9-8-11-6-4-3-5-7-11/h3-7H,8-9H2,1-2H3,(H,17,20,21). The minimum absolute atomic E-state index is 0.387. The molecule has 0 aliphatic heterocycles. The highest BCUT2D eigenvalue weighted by atomic mass is 16.2. The van der Waals surface area contributed by atoms with Gasteiger partial charge in [0, 0.05) is 13.6 Å². The van der Waals surface area contributed by atoms with E-state index in [0.29, 0.717) is 17.7 Å². The van der Waals surface area contributed by atoms with Gasteiger partial charge in [-0.2, -0.15) is 0 Å². The maximum atomic E-state index is 12.1. The number of imidazole rings is 1. The second kappa shape index (κ2) is 5.05. The Kier molecular flexibility index (Phi) is 3.21. The van der Waals surface area contributed by atoms with Gasteiger partial charge in [0.2, 0.25) is 0 Å². The van der Waals surface area contributed by atoms with Crippen LogP contribution in [0.25, 0.3) is 11.2 Å². The molecule has 6 nitrogen and oxygen atoms in total. The molecular formula is C15H16N4O2. The van der Waals surface area contributed by atoms with Crippen LogP contribution in [0.5, 0.6) is 0 Å². The highest BCUT2D eigenvalue weighted by molar-refractivity contribution is 5.70. The minimum atomic E-state index is -0.444. The van der Waals surface area contributed by atoms with Crippen molar-refractivity contribution in [2.24, 2.45) is 7.05 Å². The number of nitrogens with one attached hydrogen (secondary N) is 1. The van der Waals surface area contributed by atoms with Gasteiger partial charge >= 0.3 is 5.69 Å². The van der Waals surface area contributed by atoms with Crippen LogP contribution in [0.3, 0.4) is 0 Å². The molecule has 0 fully saturated rings. The molecular weight excluding hydrogens is 268 g/mol. The highest BCUT2D eigenvalue weighted by Crippen LogP contribution is 2.11. The van der Waals surface area contributed by atoms with Gasteiger partial charge in [-0.15, -0.1) is 0 Å². The van der Waals surface area contributed by atoms with E-state index in [-0.39, 0.29) is 5.56 Å². The molecule has 0 radical (unpaired) electrons. The van der Waals surface area contributed by atoms with E-state index in [1.165, 1.54) is 10.1 Å². The third-order valence-corrected chi connectivity index (χ3v) is 3.66. The van der Waals surface area contributed by atoms with Crippen molar-refractivity contribution in [3.63, 3.8) is 0 Å². The molecule has 0 aliphatic rings. The van der Waals surface area contributed by atoms with Crippen molar-refractivity contribution < 1.29 is 0 Å². The third-order valence-electron chi connectivity index (χ3n) is 3.66. The van der Waals surface area contributed by atoms with Crippen LogP contribution < -0.4 is 11.2 Å². The topological polar surface area (TPSA) is 72.7 Å². The van der Waals surface area contributed by atoms with Gasteiger partial charge in [-0.1, -0.05) is 30.3 Å². The van der Waals surface area contributed by atoms with Crippen LogP contribution in [0.15, 0.2) is 39.9 Å². The van der Waals surface area contributed by atoms with Crippen LogP contribution >= 0.6 is 0 Å². The molecule has 0 atom stereocenters. The molecule has 0 aliphatic carbocycles. The van der Waals surface area contributed by atoms with Gasteiger partial charge in [-0.05, 0) is 18.9 Å². The minimum Gasteiger partial charge on any atom is -0.322 e. The first-order valence-electron chi connectivity index (χ1n) is 6.78. The van der Waals surface area contributed by atoms with E-state index < -0.39 is 5.69 Å². The first-order chi connectivity index (χ1) is 10.1. The van der Waals surface area contributed by atoms with Crippen molar-refractivity contribution in [1.29, 1.82) is 0 Å². The van der Waals surface area contributed by atoms with Crippen molar-refractivity contribution in [3.8, 4) is 0 Å². The molecule has 3 rings (SSSR count). The summed E-state index contributed by atoms with van der Waals surface area (Å²) in [4.78, 5) is 30.4. The molecule has 0 unspecified atom stereocenters. The van der Waals surface area contributed by atoms with Crippen molar-refractivity contribution in [2.75, 3.05) is 0 Å². The zero-order valence-corrected chi connectivity index (χ0v) is 12.0. The first-order valence-corrected chi connectivity index (χ1v) is 6.78. The van der Waals surface area contributed by atoms with E-state index in [0.717, 1.165) is 12.2 Å². The third kappa shape index (κ3) is 2.29. The molecule has 3 aromatic rings. The van der Waals surface area contributed by atoms with Crippen LogP contribution in [-0.4, -0.2) is 19.1 Å². The molecule has 2 aromatic heterocycles. The monoisotopic (exact) mass is 284 g/mol. The van der Waals surface area contributed by atoms with Gasteiger partial charge in [0.05, 0.1) is 0 Å². The summed E-state index contributed by atoms with van der Waals surface area (Å²) in [5.41, 5.74) is 1.24. The lowest BCUT2D eigenvalue weighted by atomic mass is 10.1. The predicted octanol–water partition coefficient (Wildman–Crippen LogP) is 0.974. The van der Waals surface area contributed by atoms with Crippen molar-refractivity contribution in [2.45, 2.75) is 19.9 Å². The molecule has 0 bridgehead atoms. The van der Waals surface area contributed by atoms with Gasteiger partial charge in [-0.3, -0.25) is 14.3 Å². The summed E-state index contributed by atoms with van der Waals surface area (Å²) >= 11 is 0. The number of hydrogen-bond donors (Lipinski definition) is 1. The van der Waals surface area contributed by atoms with Crippen molar-refractivity contribution in [3.05, 3.63) is 62.6 Å². The number of aromatic nitrogens is 4. The predicted molar refractivity (Wildman–Crippen MR) is 80.5 cm³/mol. The Bertz CT molecular complexity index is 903. The van der Waals surface area contributed by atoms with E-state index in [4.69, 9.17) is 0 Å². The van der Waals surface area contributed by atoms with Gasteiger partial charge in [0.25, 0.3) is 5.56 Å². The Labute approximate surface area is 120 Å². The molecule has 1 aromatic carbocycles. The van der Waals surface area contributed by atoms with E-state index in [2.05, 4.69) is 22.1 Å². The Balaban J connectivity index is 2.07. The lowest BCUT2D eigenvalue weighted by Gasteiger charge is -2.06. The summed E-state index contributed by atoms with van der Waals surface area (Å²) < 4.78 is 3.23. The fraction of sp³-hybridized carbons (Fsp3) is 0.267. The second-order valence-corrected chi connectivity index (χ2v) is 5.04. The number of hydrogen-bond acceptors (Lipinski definition) is 3. The maximum Gasteiger partial charge on any atom is 0.329 e. The number of H-pyrrole nitrogens is 1. The SMILES string of the molecule is Cc1nc2c(c(=O)[nH]c(=O)n2C)n1CCc1ccccc1. The van der Waals surface area contributed by atoms with E-state index in [1.54, 1.807) is 7.05 Å². The Morgan fingerprint density at radius 2 is 1.90 bits per heavy atom. The smallest absolute Gasteiger partial charge is 0.322 e. The largest absolute Gasteiger partial charge is 0.329 e. The van der Waals surface area contributed by atoms with Crippen molar-refractivity contribution >= 4 is 11.2 Å². The number of fused-ring (bicyclic) bond motifs is 1. The molecule has 1 N–H and O–H groups in total. The molecule has 21 heavy (non-hydrogen) atoms. The van der Waals surface area contributed by atoms with Gasteiger partial charge in [0.15, 0.2) is 11.2 Å². The summed E-state index contributed by atoms with van der Waals surface area (Å²) in [5, 5.41) is 0. The summed E-state index contributed by atoms with van der Waals surface area (Å²) in [6.07, 6.45) is 0.801. The Hall–Kier alpha value is -2.63. The highest BCUT2D eigenvalue weighted by Gasteiger charge is 2.14. The molecule has 0 saturated heterocycles. The lowest BCUT2D eigenvalue weighted by molar-refractivity contribution is 0.689. The van der Waals surface area contributed by atoms with Gasteiger partial charge in [0.1, 0.15) is 5.82 Å². The molecule has 0 spiro atoms. The summed E-state index contributed by atoms with van der Waals surface area (Å²) in [5.74, 6) is 0.729. The zero-order chi connectivity index (χ0) is 15.0. The zero-order valence-electron chi connectivity index (χ0n) is 12.0. The first kappa shape index (κ1) is 13.4. The number of benzene rings is 1. The summed E-state index contributed by atoms with van der Waals surface area (Å²) in [6.45, 7) is 2.49. The molecule has 0 amide bonds. The van der Waals surface area contributed by atoms with E-state index in [9.17, 15) is 9.59 Å². The molecule has 2 heterocycles. The number of rotatable bonds is 3. The molecule has 108 valence electrons. The number of nitrogens with zero attached hydrogens (tertiary/aromatic N) is 3. The fourth-order valence-electron chi connectivity index (χ4n) is 2.50. The Morgan fingerprint density at radius 1 is 1.19 bits per heavy atom. The van der Waals surface area contributed by atoms with Crippen LogP contribution in [0, 0.1) is 6.92 Å². The molecule has 0 saturated carbocycles. The quantitative estimate of drug-likeness (QED) is 0.779. The van der Waals surface area contributed by atoms with E-state index >= 15 is 0 Å². The van der Waals surface area contributed by atoms with Crippen LogP contribution in [-0.2, 0) is 20.0 Å². The summed E-state index contributed by atoms with van der Waals surface area (Å²) in [7, 11) is 1.61. The van der Waals surface area contributed by atoms with Gasteiger partial charge < -0.3 is 4.57 Å². The normalized spacial score (nSPS) is 11.1. The van der Waals surface area contributed by atoms with Crippen LogP contribution in [0.1, 0.15) is 11.4 Å².